The fourth-order valence-corrected chi connectivity index (χ4v) is 5.37. The second-order valence-corrected chi connectivity index (χ2v) is 11.1. The van der Waals surface area contributed by atoms with E-state index in [0.717, 1.165) is 51.6 Å². The van der Waals surface area contributed by atoms with Crippen molar-refractivity contribution in [1.82, 2.24) is 34.2 Å². The van der Waals surface area contributed by atoms with E-state index in [1.807, 2.05) is 102 Å². The molecule has 7 rings (SSSR count). The van der Waals surface area contributed by atoms with Gasteiger partial charge in [0.2, 0.25) is 11.9 Å². The molecule has 10 heteroatoms. The standard InChI is InChI=1S/C35H31N9O/c1-43(2)22-32(45)37-25-11-8-12-26(21-25)38-35-36-17-16-28(41-35)34-33(42-31-13-6-7-18-44(31)34)24-14-15-27-29(20-24)40-30(39-27)19-23-9-4-3-5-10-23/h3-18,20-21H,19,22H2,1-2H3,(H,37,45)(H,39,40)(H,36,38,41). The molecule has 0 saturated carbocycles. The van der Waals surface area contributed by atoms with E-state index in [2.05, 4.69) is 44.9 Å². The molecule has 0 atom stereocenters. The minimum absolute atomic E-state index is 0.0868. The lowest BCUT2D eigenvalue weighted by molar-refractivity contribution is -0.116. The Hall–Kier alpha value is -5.87. The summed E-state index contributed by atoms with van der Waals surface area (Å²) in [5, 5.41) is 6.21. The Bertz CT molecular complexity index is 2130. The smallest absolute Gasteiger partial charge is 0.238 e. The van der Waals surface area contributed by atoms with Crippen LogP contribution in [0.15, 0.2) is 109 Å². The van der Waals surface area contributed by atoms with Crippen molar-refractivity contribution >= 4 is 39.9 Å². The molecular weight excluding hydrogens is 562 g/mol. The number of rotatable bonds is 9. The molecule has 1 amide bonds. The highest BCUT2D eigenvalue weighted by Crippen LogP contribution is 2.33. The molecule has 0 bridgehead atoms. The highest BCUT2D eigenvalue weighted by molar-refractivity contribution is 5.93. The number of aromatic amines is 1. The van der Waals surface area contributed by atoms with Crippen LogP contribution < -0.4 is 10.6 Å². The number of amides is 1. The number of nitrogens with zero attached hydrogens (tertiary/aromatic N) is 6. The van der Waals surface area contributed by atoms with Crippen molar-refractivity contribution in [2.75, 3.05) is 31.3 Å². The third kappa shape index (κ3) is 6.13. The molecule has 0 radical (unpaired) electrons. The first-order valence-corrected chi connectivity index (χ1v) is 14.6. The van der Waals surface area contributed by atoms with Gasteiger partial charge in [0.25, 0.3) is 0 Å². The summed E-state index contributed by atoms with van der Waals surface area (Å²) in [6.07, 6.45) is 4.45. The zero-order valence-corrected chi connectivity index (χ0v) is 24.9. The largest absolute Gasteiger partial charge is 0.342 e. The SMILES string of the molecule is CN(C)CC(=O)Nc1cccc(Nc2nccc(-c3c(-c4ccc5nc(Cc6ccccc6)[nH]c5c4)nc4ccccn34)n2)c1. The number of carbonyl (C=O) groups excluding carboxylic acids is 1. The molecule has 45 heavy (non-hydrogen) atoms. The number of hydrogen-bond acceptors (Lipinski definition) is 7. The van der Waals surface area contributed by atoms with Gasteiger partial charge in [0.15, 0.2) is 0 Å². The number of likely N-dealkylation sites (N-methyl/N-ethyl adjacent to an activating group) is 1. The van der Waals surface area contributed by atoms with Crippen LogP contribution in [0.25, 0.3) is 39.3 Å². The van der Waals surface area contributed by atoms with Gasteiger partial charge in [-0.3, -0.25) is 9.20 Å². The normalized spacial score (nSPS) is 11.4. The van der Waals surface area contributed by atoms with Crippen molar-refractivity contribution in [3.05, 3.63) is 121 Å². The molecule has 3 aromatic carbocycles. The van der Waals surface area contributed by atoms with Crippen LogP contribution in [-0.4, -0.2) is 60.8 Å². The van der Waals surface area contributed by atoms with E-state index in [1.54, 1.807) is 6.20 Å². The van der Waals surface area contributed by atoms with Gasteiger partial charge in [-0.05, 0) is 68.2 Å². The minimum atomic E-state index is -0.0868. The molecule has 0 saturated heterocycles. The number of nitrogens with one attached hydrogen (secondary N) is 3. The van der Waals surface area contributed by atoms with Crippen LogP contribution in [-0.2, 0) is 11.2 Å². The molecule has 222 valence electrons. The quantitative estimate of drug-likeness (QED) is 0.183. The van der Waals surface area contributed by atoms with Crippen molar-refractivity contribution in [2.45, 2.75) is 6.42 Å². The summed E-state index contributed by atoms with van der Waals surface area (Å²) in [5.41, 5.74) is 8.63. The van der Waals surface area contributed by atoms with Crippen molar-refractivity contribution < 1.29 is 4.79 Å². The summed E-state index contributed by atoms with van der Waals surface area (Å²) >= 11 is 0. The summed E-state index contributed by atoms with van der Waals surface area (Å²) in [7, 11) is 3.71. The Morgan fingerprint density at radius 1 is 0.867 bits per heavy atom. The molecule has 4 aromatic heterocycles. The molecule has 0 spiro atoms. The Labute approximate surface area is 259 Å². The molecule has 4 heterocycles. The highest BCUT2D eigenvalue weighted by Gasteiger charge is 2.19. The van der Waals surface area contributed by atoms with E-state index in [-0.39, 0.29) is 5.91 Å². The van der Waals surface area contributed by atoms with E-state index in [9.17, 15) is 4.79 Å². The van der Waals surface area contributed by atoms with Crippen LogP contribution in [0.4, 0.5) is 17.3 Å². The van der Waals surface area contributed by atoms with Gasteiger partial charge >= 0.3 is 0 Å². The maximum Gasteiger partial charge on any atom is 0.238 e. The molecule has 0 fully saturated rings. The van der Waals surface area contributed by atoms with Crippen LogP contribution in [0.5, 0.6) is 0 Å². The first-order chi connectivity index (χ1) is 22.0. The molecule has 0 aliphatic heterocycles. The lowest BCUT2D eigenvalue weighted by Crippen LogP contribution is -2.27. The molecular formula is C35H31N9O. The number of fused-ring (bicyclic) bond motifs is 2. The average molecular weight is 594 g/mol. The zero-order chi connectivity index (χ0) is 30.8. The molecule has 7 aromatic rings. The number of benzene rings is 3. The van der Waals surface area contributed by atoms with Crippen LogP contribution in [0, 0.1) is 0 Å². The summed E-state index contributed by atoms with van der Waals surface area (Å²) in [6, 6.07) is 31.8. The maximum atomic E-state index is 12.3. The Balaban J connectivity index is 1.21. The zero-order valence-electron chi connectivity index (χ0n) is 24.9. The van der Waals surface area contributed by atoms with Crippen LogP contribution >= 0.6 is 0 Å². The molecule has 10 nitrogen and oxygen atoms in total. The van der Waals surface area contributed by atoms with Gasteiger partial charge in [-0.15, -0.1) is 0 Å². The van der Waals surface area contributed by atoms with Crippen molar-refractivity contribution in [3.63, 3.8) is 0 Å². The van der Waals surface area contributed by atoms with Crippen LogP contribution in [0.2, 0.25) is 0 Å². The van der Waals surface area contributed by atoms with Gasteiger partial charge < -0.3 is 20.5 Å². The molecule has 0 unspecified atom stereocenters. The predicted molar refractivity (Wildman–Crippen MR) is 177 cm³/mol. The van der Waals surface area contributed by atoms with E-state index < -0.39 is 0 Å². The number of hydrogen-bond donors (Lipinski definition) is 3. The topological polar surface area (TPSA) is 116 Å². The first kappa shape index (κ1) is 27.9. The lowest BCUT2D eigenvalue weighted by atomic mass is 10.1. The predicted octanol–water partition coefficient (Wildman–Crippen LogP) is 6.17. The Morgan fingerprint density at radius 2 is 1.71 bits per heavy atom. The number of anilines is 3. The number of pyridine rings is 1. The highest BCUT2D eigenvalue weighted by atomic mass is 16.2. The van der Waals surface area contributed by atoms with Crippen molar-refractivity contribution in [2.24, 2.45) is 0 Å². The van der Waals surface area contributed by atoms with Gasteiger partial charge in [0.05, 0.1) is 34.7 Å². The lowest BCUT2D eigenvalue weighted by Gasteiger charge is -2.12. The van der Waals surface area contributed by atoms with E-state index in [4.69, 9.17) is 15.0 Å². The Kier molecular flexibility index (Phi) is 7.46. The number of carbonyl (C=O) groups is 1. The average Bonchev–Trinajstić information content (AvgIpc) is 3.62. The van der Waals surface area contributed by atoms with Gasteiger partial charge in [-0.1, -0.05) is 48.5 Å². The third-order valence-corrected chi connectivity index (χ3v) is 7.31. The first-order valence-electron chi connectivity index (χ1n) is 14.6. The summed E-state index contributed by atoms with van der Waals surface area (Å²) < 4.78 is 2.04. The second-order valence-electron chi connectivity index (χ2n) is 11.1. The number of H-pyrrole nitrogens is 1. The third-order valence-electron chi connectivity index (χ3n) is 7.31. The summed E-state index contributed by atoms with van der Waals surface area (Å²) in [6.45, 7) is 0.298. The number of imidazole rings is 2. The minimum Gasteiger partial charge on any atom is -0.342 e. The second kappa shape index (κ2) is 12.0. The molecule has 0 aliphatic rings. The van der Waals surface area contributed by atoms with Gasteiger partial charge in [0, 0.05) is 35.8 Å². The van der Waals surface area contributed by atoms with Crippen molar-refractivity contribution in [1.29, 1.82) is 0 Å². The van der Waals surface area contributed by atoms with E-state index in [1.165, 1.54) is 5.56 Å². The van der Waals surface area contributed by atoms with E-state index in [0.29, 0.717) is 23.9 Å². The summed E-state index contributed by atoms with van der Waals surface area (Å²) in [4.78, 5) is 36.8. The van der Waals surface area contributed by atoms with Crippen molar-refractivity contribution in [3.8, 4) is 22.6 Å². The van der Waals surface area contributed by atoms with Gasteiger partial charge in [0.1, 0.15) is 11.5 Å². The van der Waals surface area contributed by atoms with E-state index >= 15 is 0 Å². The monoisotopic (exact) mass is 593 g/mol. The summed E-state index contributed by atoms with van der Waals surface area (Å²) in [5.74, 6) is 1.25. The fraction of sp³-hybridized carbons (Fsp3) is 0.114. The maximum absolute atomic E-state index is 12.3. The van der Waals surface area contributed by atoms with Gasteiger partial charge in [-0.2, -0.15) is 0 Å². The Morgan fingerprint density at radius 3 is 2.58 bits per heavy atom. The van der Waals surface area contributed by atoms with Gasteiger partial charge in [-0.25, -0.2) is 19.9 Å². The molecule has 0 aliphatic carbocycles. The molecule has 3 N–H and O–H groups in total. The number of aromatic nitrogens is 6. The van der Waals surface area contributed by atoms with Crippen LogP contribution in [0.1, 0.15) is 11.4 Å². The van der Waals surface area contributed by atoms with Crippen LogP contribution in [0.3, 0.4) is 0 Å². The fourth-order valence-electron chi connectivity index (χ4n) is 5.37.